The second-order valence-corrected chi connectivity index (χ2v) is 14.3. The summed E-state index contributed by atoms with van der Waals surface area (Å²) < 4.78 is 14.2. The number of benzene rings is 2. The number of ketones is 1. The van der Waals surface area contributed by atoms with Gasteiger partial charge in [-0.2, -0.15) is 0 Å². The molecule has 48 heavy (non-hydrogen) atoms. The number of rotatable bonds is 11. The number of hydrogen-bond acceptors (Lipinski definition) is 10. The first kappa shape index (κ1) is 33.2. The number of ether oxygens (including phenoxy) is 2. The lowest BCUT2D eigenvalue weighted by Crippen LogP contribution is -2.29. The molecule has 1 N–H and O–H groups in total. The fourth-order valence-electron chi connectivity index (χ4n) is 5.58. The summed E-state index contributed by atoms with van der Waals surface area (Å²) in [5, 5.41) is 20.8. The summed E-state index contributed by atoms with van der Waals surface area (Å²) in [5.41, 5.74) is 5.15. The van der Waals surface area contributed by atoms with E-state index in [9.17, 15) is 14.7 Å². The van der Waals surface area contributed by atoms with Crippen LogP contribution in [0.15, 0.2) is 70.7 Å². The van der Waals surface area contributed by atoms with Gasteiger partial charge in [0.05, 0.1) is 31.0 Å². The number of aliphatic hydroxyl groups excluding tert-OH is 1. The highest BCUT2D eigenvalue weighted by molar-refractivity contribution is 8.00. The predicted octanol–water partition coefficient (Wildman–Crippen LogP) is 7.46. The Hall–Kier alpha value is -4.68. The molecule has 1 fully saturated rings. The topological polar surface area (TPSA) is 119 Å². The Kier molecular flexibility index (Phi) is 9.56. The maximum Gasteiger partial charge on any atom is 0.301 e. The smallest absolute Gasteiger partial charge is 0.301 e. The first-order valence-corrected chi connectivity index (χ1v) is 17.5. The molecular weight excluding hydrogens is 647 g/mol. The number of imidazole rings is 1. The zero-order valence-electron chi connectivity index (χ0n) is 27.7. The fraction of sp³-hybridized carbons (Fsp3) is 0.306. The monoisotopic (exact) mass is 683 g/mol. The largest absolute Gasteiger partial charge is 0.505 e. The molecule has 10 nitrogen and oxygen atoms in total. The van der Waals surface area contributed by atoms with Crippen molar-refractivity contribution in [3.05, 3.63) is 100 Å². The lowest BCUT2D eigenvalue weighted by molar-refractivity contribution is -0.132. The van der Waals surface area contributed by atoms with Gasteiger partial charge in [-0.3, -0.25) is 14.5 Å². The van der Waals surface area contributed by atoms with E-state index in [2.05, 4.69) is 48.3 Å². The summed E-state index contributed by atoms with van der Waals surface area (Å²) in [7, 11) is 1.54. The minimum atomic E-state index is -1.03. The van der Waals surface area contributed by atoms with Crippen LogP contribution in [0.4, 0.5) is 5.13 Å². The number of fused-ring (bicyclic) bond motifs is 1. The van der Waals surface area contributed by atoms with Crippen molar-refractivity contribution in [2.75, 3.05) is 18.6 Å². The third kappa shape index (κ3) is 6.42. The number of aliphatic hydroxyl groups is 1. The maximum absolute atomic E-state index is 13.9. The Labute approximate surface area is 287 Å². The quantitative estimate of drug-likeness (QED) is 0.0497. The molecule has 0 bridgehead atoms. The Morgan fingerprint density at radius 1 is 1.04 bits per heavy atom. The van der Waals surface area contributed by atoms with Crippen molar-refractivity contribution in [1.82, 2.24) is 19.6 Å². The molecule has 1 saturated heterocycles. The number of Topliss-reactive ketones (excluding diaryl/α,β-unsaturated/α-hetero) is 1. The van der Waals surface area contributed by atoms with Crippen molar-refractivity contribution >= 4 is 51.3 Å². The lowest BCUT2D eigenvalue weighted by Gasteiger charge is -2.23. The molecular formula is C36H37N5O5S2. The van der Waals surface area contributed by atoms with Gasteiger partial charge in [-0.05, 0) is 68.0 Å². The van der Waals surface area contributed by atoms with Crippen LogP contribution in [0.25, 0.3) is 11.4 Å². The first-order chi connectivity index (χ1) is 23.1. The molecule has 12 heteroatoms. The van der Waals surface area contributed by atoms with Gasteiger partial charge in [-0.15, -0.1) is 10.2 Å². The second-order valence-electron chi connectivity index (χ2n) is 12.2. The van der Waals surface area contributed by atoms with E-state index in [-0.39, 0.29) is 22.2 Å². The number of hydrogen-bond donors (Lipinski definition) is 1. The Morgan fingerprint density at radius 3 is 2.52 bits per heavy atom. The summed E-state index contributed by atoms with van der Waals surface area (Å²) in [4.78, 5) is 33.8. The van der Waals surface area contributed by atoms with Crippen LogP contribution in [0.2, 0.25) is 0 Å². The third-order valence-corrected chi connectivity index (χ3v) is 10.4. The van der Waals surface area contributed by atoms with Crippen molar-refractivity contribution in [1.29, 1.82) is 0 Å². The molecule has 1 amide bonds. The number of methoxy groups -OCH3 is 1. The average Bonchev–Trinajstić information content (AvgIpc) is 3.75. The Morgan fingerprint density at radius 2 is 1.81 bits per heavy atom. The highest BCUT2D eigenvalue weighted by Gasteiger charge is 2.49. The molecule has 248 valence electrons. The van der Waals surface area contributed by atoms with Crippen LogP contribution in [0.3, 0.4) is 0 Å². The molecule has 6 rings (SSSR count). The number of amides is 1. The number of anilines is 1. The molecule has 1 aliphatic heterocycles. The van der Waals surface area contributed by atoms with Crippen LogP contribution in [0.5, 0.6) is 11.5 Å². The van der Waals surface area contributed by atoms with E-state index < -0.39 is 17.7 Å². The molecule has 0 aliphatic carbocycles. The molecule has 1 unspecified atom stereocenters. The molecule has 1 atom stereocenters. The van der Waals surface area contributed by atoms with Gasteiger partial charge in [-0.1, -0.05) is 78.9 Å². The van der Waals surface area contributed by atoms with E-state index in [0.717, 1.165) is 17.5 Å². The number of aryl methyl sites for hydroxylation is 3. The second kappa shape index (κ2) is 13.8. The van der Waals surface area contributed by atoms with Crippen LogP contribution in [-0.2, 0) is 15.3 Å². The minimum Gasteiger partial charge on any atom is -0.505 e. The number of thioether (sulfide) groups is 1. The Balaban J connectivity index is 1.43. The van der Waals surface area contributed by atoms with Crippen molar-refractivity contribution in [2.24, 2.45) is 5.92 Å². The van der Waals surface area contributed by atoms with Gasteiger partial charge in [0.1, 0.15) is 11.3 Å². The van der Waals surface area contributed by atoms with E-state index in [0.29, 0.717) is 51.0 Å². The van der Waals surface area contributed by atoms with Crippen LogP contribution in [0, 0.1) is 26.7 Å². The van der Waals surface area contributed by atoms with Crippen molar-refractivity contribution in [3.8, 4) is 11.5 Å². The zero-order valence-corrected chi connectivity index (χ0v) is 29.3. The van der Waals surface area contributed by atoms with E-state index in [1.165, 1.54) is 40.7 Å². The highest BCUT2D eigenvalue weighted by atomic mass is 32.2. The van der Waals surface area contributed by atoms with Gasteiger partial charge < -0.3 is 19.0 Å². The Bertz CT molecular complexity index is 2030. The molecule has 0 radical (unpaired) electrons. The number of nitrogens with zero attached hydrogens (tertiary/aromatic N) is 5. The van der Waals surface area contributed by atoms with Crippen LogP contribution >= 0.6 is 23.1 Å². The van der Waals surface area contributed by atoms with Gasteiger partial charge in [-0.25, -0.2) is 4.98 Å². The summed E-state index contributed by atoms with van der Waals surface area (Å²) in [5.74, 6) is 0.0841. The molecule has 4 heterocycles. The third-order valence-electron chi connectivity index (χ3n) is 8.29. The SMILES string of the molecule is COc1cc(C2C(=C(O)c3nc4c(C)cccn4c3C)C(=O)C(=O)N2c2nnc(SCc3ccc(C)cc3)s2)ccc1OCCC(C)C. The number of aromatic nitrogens is 4. The van der Waals surface area contributed by atoms with E-state index in [4.69, 9.17) is 14.5 Å². The predicted molar refractivity (Wildman–Crippen MR) is 188 cm³/mol. The first-order valence-electron chi connectivity index (χ1n) is 15.7. The van der Waals surface area contributed by atoms with E-state index in [1.807, 2.05) is 43.5 Å². The molecule has 0 saturated carbocycles. The molecule has 2 aromatic carbocycles. The van der Waals surface area contributed by atoms with Gasteiger partial charge in [0, 0.05) is 11.9 Å². The number of carbonyl (C=O) groups excluding carboxylic acids is 2. The van der Waals surface area contributed by atoms with E-state index >= 15 is 0 Å². The summed E-state index contributed by atoms with van der Waals surface area (Å²) in [6.07, 6.45) is 2.71. The highest BCUT2D eigenvalue weighted by Crippen LogP contribution is 2.46. The minimum absolute atomic E-state index is 0.0938. The summed E-state index contributed by atoms with van der Waals surface area (Å²) in [6.45, 7) is 10.5. The van der Waals surface area contributed by atoms with Crippen molar-refractivity contribution in [3.63, 3.8) is 0 Å². The zero-order chi connectivity index (χ0) is 34.1. The standard InChI is InChI=1S/C36H37N5O5S2/c1-20(2)15-17-46-26-14-13-25(18-27(26)45-6)30-28(31(42)29-23(5)40-16-7-8-22(4)33(40)37-29)32(43)34(44)41(30)35-38-39-36(48-35)47-19-24-11-9-21(3)10-12-24/h7-14,16,18,20,30,42H,15,17,19H2,1-6H3. The molecule has 0 spiro atoms. The van der Waals surface area contributed by atoms with Gasteiger partial charge >= 0.3 is 5.91 Å². The molecule has 1 aliphatic rings. The van der Waals surface area contributed by atoms with Gasteiger partial charge in [0.25, 0.3) is 5.78 Å². The van der Waals surface area contributed by atoms with Crippen LogP contribution in [0.1, 0.15) is 60.0 Å². The van der Waals surface area contributed by atoms with Crippen LogP contribution in [-0.4, -0.2) is 50.1 Å². The molecule has 3 aromatic heterocycles. The average molecular weight is 684 g/mol. The van der Waals surface area contributed by atoms with Crippen molar-refractivity contribution < 1.29 is 24.2 Å². The van der Waals surface area contributed by atoms with Gasteiger partial charge in [0.2, 0.25) is 5.13 Å². The number of pyridine rings is 1. The van der Waals surface area contributed by atoms with Crippen molar-refractivity contribution in [2.45, 2.75) is 57.2 Å². The lowest BCUT2D eigenvalue weighted by atomic mass is 9.96. The van der Waals surface area contributed by atoms with E-state index in [1.54, 1.807) is 18.2 Å². The normalized spacial score (nSPS) is 16.0. The molecule has 5 aromatic rings. The summed E-state index contributed by atoms with van der Waals surface area (Å²) in [6, 6.07) is 16.3. The fourth-order valence-corrected chi connectivity index (χ4v) is 7.41. The van der Waals surface area contributed by atoms with Gasteiger partial charge in [0.15, 0.2) is 21.6 Å². The number of carbonyl (C=O) groups is 2. The van der Waals surface area contributed by atoms with Crippen LogP contribution < -0.4 is 14.4 Å². The summed E-state index contributed by atoms with van der Waals surface area (Å²) >= 11 is 2.71. The maximum atomic E-state index is 13.9.